The van der Waals surface area contributed by atoms with Gasteiger partial charge < -0.3 is 0 Å². The minimum atomic E-state index is 0.485. The predicted octanol–water partition coefficient (Wildman–Crippen LogP) is 4.46. The van der Waals surface area contributed by atoms with Gasteiger partial charge in [-0.15, -0.1) is 0 Å². The zero-order valence-corrected chi connectivity index (χ0v) is 13.6. The van der Waals surface area contributed by atoms with Crippen LogP contribution in [-0.2, 0) is 13.0 Å². The fourth-order valence-corrected chi connectivity index (χ4v) is 3.23. The van der Waals surface area contributed by atoms with Crippen LogP contribution >= 0.6 is 27.5 Å². The topological polar surface area (TPSA) is 17.8 Å². The van der Waals surface area contributed by atoms with E-state index in [1.807, 2.05) is 11.6 Å². The molecule has 2 nitrogen and oxygen atoms in total. The highest BCUT2D eigenvalue weighted by Gasteiger charge is 2.23. The lowest BCUT2D eigenvalue weighted by atomic mass is 9.88. The standard InChI is InChI=1S/C13H22BrClN2/c1-6-17-12(13(15)10(5)16-17)7-11(8(2)3)9(4)14/h8-9,11H,6-7H2,1-5H3. The van der Waals surface area contributed by atoms with Crippen LogP contribution in [0.2, 0.25) is 5.02 Å². The van der Waals surface area contributed by atoms with Gasteiger partial charge in [0.05, 0.1) is 16.4 Å². The second kappa shape index (κ2) is 6.24. The Hall–Kier alpha value is -0.0200. The van der Waals surface area contributed by atoms with Crippen LogP contribution in [0.1, 0.15) is 39.1 Å². The number of rotatable bonds is 5. The molecule has 2 unspecified atom stereocenters. The quantitative estimate of drug-likeness (QED) is 0.732. The summed E-state index contributed by atoms with van der Waals surface area (Å²) in [5.74, 6) is 1.20. The van der Waals surface area contributed by atoms with Gasteiger partial charge in [-0.2, -0.15) is 5.10 Å². The first-order valence-corrected chi connectivity index (χ1v) is 7.53. The Kier molecular flexibility index (Phi) is 5.52. The second-order valence-electron chi connectivity index (χ2n) is 4.95. The number of aromatic nitrogens is 2. The molecule has 98 valence electrons. The number of hydrogen-bond donors (Lipinski definition) is 0. The molecule has 0 N–H and O–H groups in total. The molecule has 0 aliphatic rings. The zero-order chi connectivity index (χ0) is 13.2. The molecule has 0 aromatic carbocycles. The summed E-state index contributed by atoms with van der Waals surface area (Å²) in [7, 11) is 0. The Bertz CT molecular complexity index is 364. The van der Waals surface area contributed by atoms with Gasteiger partial charge in [-0.1, -0.05) is 48.3 Å². The van der Waals surface area contributed by atoms with E-state index in [2.05, 4.69) is 48.7 Å². The van der Waals surface area contributed by atoms with Gasteiger partial charge in [-0.25, -0.2) is 0 Å². The largest absolute Gasteiger partial charge is 0.268 e. The summed E-state index contributed by atoms with van der Waals surface area (Å²) >= 11 is 10.1. The molecule has 1 aromatic rings. The molecule has 2 atom stereocenters. The Morgan fingerprint density at radius 3 is 2.35 bits per heavy atom. The van der Waals surface area contributed by atoms with Crippen LogP contribution in [0.3, 0.4) is 0 Å². The van der Waals surface area contributed by atoms with Crippen LogP contribution in [0.4, 0.5) is 0 Å². The summed E-state index contributed by atoms with van der Waals surface area (Å²) in [6.45, 7) is 11.7. The van der Waals surface area contributed by atoms with E-state index < -0.39 is 0 Å². The Morgan fingerprint density at radius 1 is 1.35 bits per heavy atom. The van der Waals surface area contributed by atoms with E-state index in [0.717, 1.165) is 23.7 Å². The molecule has 1 aromatic heterocycles. The number of halogens is 2. The number of aryl methyl sites for hydroxylation is 2. The summed E-state index contributed by atoms with van der Waals surface area (Å²) in [5.41, 5.74) is 2.12. The SMILES string of the molecule is CCn1nc(C)c(Cl)c1CC(C(C)C)C(C)Br. The number of hydrogen-bond acceptors (Lipinski definition) is 1. The third-order valence-corrected chi connectivity index (χ3v) is 4.50. The first-order valence-electron chi connectivity index (χ1n) is 6.24. The highest BCUT2D eigenvalue weighted by atomic mass is 79.9. The van der Waals surface area contributed by atoms with Crippen molar-refractivity contribution in [1.29, 1.82) is 0 Å². The first-order chi connectivity index (χ1) is 7.88. The first kappa shape index (κ1) is 15.0. The van der Waals surface area contributed by atoms with E-state index in [-0.39, 0.29) is 0 Å². The van der Waals surface area contributed by atoms with Crippen LogP contribution in [-0.4, -0.2) is 14.6 Å². The Morgan fingerprint density at radius 2 is 1.94 bits per heavy atom. The average molecular weight is 322 g/mol. The van der Waals surface area contributed by atoms with E-state index in [1.165, 1.54) is 5.69 Å². The fourth-order valence-electron chi connectivity index (χ4n) is 2.22. The Labute approximate surface area is 118 Å². The molecule has 0 radical (unpaired) electrons. The fraction of sp³-hybridized carbons (Fsp3) is 0.769. The lowest BCUT2D eigenvalue weighted by Crippen LogP contribution is -2.22. The van der Waals surface area contributed by atoms with Crippen molar-refractivity contribution in [1.82, 2.24) is 9.78 Å². The molecule has 0 saturated carbocycles. The normalized spacial score (nSPS) is 15.3. The Balaban J connectivity index is 3.00. The molecule has 1 heterocycles. The van der Waals surface area contributed by atoms with Gasteiger partial charge in [0.2, 0.25) is 0 Å². The molecule has 0 spiro atoms. The highest BCUT2D eigenvalue weighted by molar-refractivity contribution is 9.09. The summed E-state index contributed by atoms with van der Waals surface area (Å²) in [6.07, 6.45) is 0.984. The van der Waals surface area contributed by atoms with Crippen molar-refractivity contribution >= 4 is 27.5 Å². The van der Waals surface area contributed by atoms with E-state index in [9.17, 15) is 0 Å². The predicted molar refractivity (Wildman–Crippen MR) is 78.1 cm³/mol. The molecule has 1 rings (SSSR count). The molecule has 0 aliphatic heterocycles. The molecule has 0 saturated heterocycles. The van der Waals surface area contributed by atoms with Crippen LogP contribution in [0.5, 0.6) is 0 Å². The van der Waals surface area contributed by atoms with Crippen molar-refractivity contribution in [3.05, 3.63) is 16.4 Å². The molecular weight excluding hydrogens is 300 g/mol. The van der Waals surface area contributed by atoms with Crippen LogP contribution in [0.25, 0.3) is 0 Å². The minimum Gasteiger partial charge on any atom is -0.268 e. The molecule has 0 aliphatic carbocycles. The number of alkyl halides is 1. The van der Waals surface area contributed by atoms with Gasteiger partial charge in [0.15, 0.2) is 0 Å². The van der Waals surface area contributed by atoms with Gasteiger partial charge >= 0.3 is 0 Å². The van der Waals surface area contributed by atoms with Gasteiger partial charge in [-0.3, -0.25) is 4.68 Å². The molecule has 0 bridgehead atoms. The van der Waals surface area contributed by atoms with Gasteiger partial charge in [0.25, 0.3) is 0 Å². The van der Waals surface area contributed by atoms with Crippen molar-refractivity contribution in [3.8, 4) is 0 Å². The van der Waals surface area contributed by atoms with E-state index in [0.29, 0.717) is 16.7 Å². The van der Waals surface area contributed by atoms with Gasteiger partial charge in [0.1, 0.15) is 0 Å². The van der Waals surface area contributed by atoms with Crippen LogP contribution in [0.15, 0.2) is 0 Å². The van der Waals surface area contributed by atoms with Crippen molar-refractivity contribution in [2.24, 2.45) is 11.8 Å². The van der Waals surface area contributed by atoms with Crippen LogP contribution in [0, 0.1) is 18.8 Å². The maximum Gasteiger partial charge on any atom is 0.0847 e. The number of nitrogens with zero attached hydrogens (tertiary/aromatic N) is 2. The summed E-state index contributed by atoms with van der Waals surface area (Å²) in [5, 5.41) is 5.31. The maximum atomic E-state index is 6.35. The molecule has 0 fully saturated rings. The van der Waals surface area contributed by atoms with E-state index in [1.54, 1.807) is 0 Å². The van der Waals surface area contributed by atoms with Gasteiger partial charge in [0, 0.05) is 11.4 Å². The van der Waals surface area contributed by atoms with Crippen LogP contribution < -0.4 is 0 Å². The third-order valence-electron chi connectivity index (χ3n) is 3.33. The lowest BCUT2D eigenvalue weighted by molar-refractivity contribution is 0.373. The third kappa shape index (κ3) is 3.47. The minimum absolute atomic E-state index is 0.485. The summed E-state index contributed by atoms with van der Waals surface area (Å²) in [6, 6.07) is 0. The maximum absolute atomic E-state index is 6.35. The molecule has 0 amide bonds. The zero-order valence-electron chi connectivity index (χ0n) is 11.3. The van der Waals surface area contributed by atoms with Crippen molar-refractivity contribution < 1.29 is 0 Å². The van der Waals surface area contributed by atoms with Crippen molar-refractivity contribution in [3.63, 3.8) is 0 Å². The molecular formula is C13H22BrClN2. The van der Waals surface area contributed by atoms with E-state index in [4.69, 9.17) is 11.6 Å². The smallest absolute Gasteiger partial charge is 0.0847 e. The highest BCUT2D eigenvalue weighted by Crippen LogP contribution is 2.29. The lowest BCUT2D eigenvalue weighted by Gasteiger charge is -2.24. The van der Waals surface area contributed by atoms with E-state index >= 15 is 0 Å². The summed E-state index contributed by atoms with van der Waals surface area (Å²) < 4.78 is 2.03. The average Bonchev–Trinajstić information content (AvgIpc) is 2.51. The summed E-state index contributed by atoms with van der Waals surface area (Å²) in [4.78, 5) is 0.485. The molecule has 4 heteroatoms. The van der Waals surface area contributed by atoms with Gasteiger partial charge in [-0.05, 0) is 32.1 Å². The van der Waals surface area contributed by atoms with Crippen molar-refractivity contribution in [2.75, 3.05) is 0 Å². The second-order valence-corrected chi connectivity index (χ2v) is 6.77. The molecule has 17 heavy (non-hydrogen) atoms. The van der Waals surface area contributed by atoms with Crippen molar-refractivity contribution in [2.45, 2.75) is 52.4 Å². The monoisotopic (exact) mass is 320 g/mol.